The SMILES string of the molecule is Cc1c(Sc2cccc(C(=O)O)n2)c2ccc(Cl)c(F)c2n1CC(=O)N1CCC2(CC1)CNC(=O)O2. The zero-order valence-corrected chi connectivity index (χ0v) is 20.8. The molecule has 1 aromatic carbocycles. The first kappa shape index (κ1) is 24.4. The number of hydrogen-bond acceptors (Lipinski definition) is 6. The third kappa shape index (κ3) is 4.37. The first-order valence-electron chi connectivity index (χ1n) is 11.3. The van der Waals surface area contributed by atoms with Crippen molar-refractivity contribution in [3.8, 4) is 0 Å². The van der Waals surface area contributed by atoms with Crippen LogP contribution in [-0.2, 0) is 16.1 Å². The molecule has 12 heteroatoms. The summed E-state index contributed by atoms with van der Waals surface area (Å²) in [6, 6.07) is 7.80. The maximum atomic E-state index is 15.3. The minimum Gasteiger partial charge on any atom is -0.477 e. The number of nitrogens with zero attached hydrogens (tertiary/aromatic N) is 3. The lowest BCUT2D eigenvalue weighted by atomic mass is 9.91. The highest BCUT2D eigenvalue weighted by molar-refractivity contribution is 7.99. The van der Waals surface area contributed by atoms with Crippen LogP contribution >= 0.6 is 23.4 Å². The van der Waals surface area contributed by atoms with Crippen molar-refractivity contribution in [1.82, 2.24) is 19.8 Å². The van der Waals surface area contributed by atoms with Crippen LogP contribution in [0.25, 0.3) is 10.9 Å². The van der Waals surface area contributed by atoms with Crippen LogP contribution in [-0.4, -0.2) is 62.8 Å². The van der Waals surface area contributed by atoms with Gasteiger partial charge < -0.3 is 24.6 Å². The van der Waals surface area contributed by atoms with Crippen LogP contribution in [0.1, 0.15) is 29.0 Å². The number of rotatable bonds is 5. The molecular weight excluding hydrogens is 511 g/mol. The van der Waals surface area contributed by atoms with Crippen molar-refractivity contribution >= 4 is 52.2 Å². The maximum Gasteiger partial charge on any atom is 0.407 e. The second kappa shape index (κ2) is 9.29. The van der Waals surface area contributed by atoms with E-state index in [0.29, 0.717) is 53.5 Å². The van der Waals surface area contributed by atoms with E-state index in [1.165, 1.54) is 23.9 Å². The summed E-state index contributed by atoms with van der Waals surface area (Å²) in [5, 5.41) is 12.9. The largest absolute Gasteiger partial charge is 0.477 e. The molecule has 0 atom stereocenters. The van der Waals surface area contributed by atoms with Crippen LogP contribution in [0.2, 0.25) is 5.02 Å². The van der Waals surface area contributed by atoms with Crippen LogP contribution in [0.4, 0.5) is 9.18 Å². The summed E-state index contributed by atoms with van der Waals surface area (Å²) in [6.07, 6.45) is 0.607. The molecule has 0 aliphatic carbocycles. The van der Waals surface area contributed by atoms with Gasteiger partial charge in [0, 0.05) is 41.9 Å². The van der Waals surface area contributed by atoms with Gasteiger partial charge in [-0.25, -0.2) is 19.0 Å². The number of aromatic nitrogens is 2. The van der Waals surface area contributed by atoms with E-state index in [4.69, 9.17) is 16.3 Å². The van der Waals surface area contributed by atoms with Crippen molar-refractivity contribution in [1.29, 1.82) is 0 Å². The smallest absolute Gasteiger partial charge is 0.407 e. The van der Waals surface area contributed by atoms with Gasteiger partial charge >= 0.3 is 12.1 Å². The van der Waals surface area contributed by atoms with Gasteiger partial charge in [0.2, 0.25) is 5.91 Å². The lowest BCUT2D eigenvalue weighted by molar-refractivity contribution is -0.135. The number of amides is 2. The van der Waals surface area contributed by atoms with E-state index in [-0.39, 0.29) is 28.7 Å². The molecule has 0 bridgehead atoms. The molecule has 2 aromatic heterocycles. The molecule has 2 aliphatic heterocycles. The fourth-order valence-corrected chi connectivity index (χ4v) is 5.86. The fourth-order valence-electron chi connectivity index (χ4n) is 4.67. The van der Waals surface area contributed by atoms with E-state index < -0.39 is 23.5 Å². The number of ether oxygens (including phenoxy) is 1. The van der Waals surface area contributed by atoms with Crippen molar-refractivity contribution in [2.24, 2.45) is 0 Å². The Morgan fingerprint density at radius 1 is 1.28 bits per heavy atom. The van der Waals surface area contributed by atoms with Crippen LogP contribution < -0.4 is 5.32 Å². The summed E-state index contributed by atoms with van der Waals surface area (Å²) in [4.78, 5) is 42.6. The number of pyridine rings is 1. The van der Waals surface area contributed by atoms with Gasteiger partial charge in [-0.15, -0.1) is 0 Å². The van der Waals surface area contributed by atoms with Crippen molar-refractivity contribution < 1.29 is 28.6 Å². The topological polar surface area (TPSA) is 114 Å². The number of carbonyl (C=O) groups is 3. The molecule has 188 valence electrons. The van der Waals surface area contributed by atoms with Gasteiger partial charge in [-0.3, -0.25) is 4.79 Å². The fraction of sp³-hybridized carbons (Fsp3) is 0.333. The molecule has 0 saturated carbocycles. The first-order chi connectivity index (χ1) is 17.2. The third-order valence-electron chi connectivity index (χ3n) is 6.65. The van der Waals surface area contributed by atoms with Gasteiger partial charge in [0.05, 0.1) is 17.1 Å². The average molecular weight is 533 g/mol. The van der Waals surface area contributed by atoms with Gasteiger partial charge in [0.15, 0.2) is 5.82 Å². The minimum absolute atomic E-state index is 0.0632. The number of carboxylic acids is 1. The number of carboxylic acid groups (broad SMARTS) is 1. The number of benzene rings is 1. The molecule has 0 unspecified atom stereocenters. The van der Waals surface area contributed by atoms with Gasteiger partial charge in [-0.1, -0.05) is 29.4 Å². The number of hydrogen-bond donors (Lipinski definition) is 2. The molecule has 3 aromatic rings. The molecule has 0 radical (unpaired) electrons. The summed E-state index contributed by atoms with van der Waals surface area (Å²) in [5.41, 5.74) is 0.157. The van der Waals surface area contributed by atoms with E-state index in [2.05, 4.69) is 10.3 Å². The average Bonchev–Trinajstić information content (AvgIpc) is 3.34. The van der Waals surface area contributed by atoms with Crippen molar-refractivity contribution in [3.05, 3.63) is 52.6 Å². The molecule has 2 N–H and O–H groups in total. The summed E-state index contributed by atoms with van der Waals surface area (Å²) < 4.78 is 22.3. The number of carbonyl (C=O) groups excluding carboxylic acids is 2. The van der Waals surface area contributed by atoms with E-state index in [1.807, 2.05) is 0 Å². The monoisotopic (exact) mass is 532 g/mol. The van der Waals surface area contributed by atoms with Crippen LogP contribution in [0.3, 0.4) is 0 Å². The van der Waals surface area contributed by atoms with E-state index >= 15 is 4.39 Å². The highest BCUT2D eigenvalue weighted by atomic mass is 35.5. The lowest BCUT2D eigenvalue weighted by Crippen LogP contribution is -2.49. The van der Waals surface area contributed by atoms with E-state index in [9.17, 15) is 19.5 Å². The van der Waals surface area contributed by atoms with Crippen LogP contribution in [0.5, 0.6) is 0 Å². The highest BCUT2D eigenvalue weighted by Gasteiger charge is 2.43. The number of nitrogens with one attached hydrogen (secondary N) is 1. The normalized spacial score (nSPS) is 16.9. The van der Waals surface area contributed by atoms with Gasteiger partial charge in [-0.05, 0) is 31.2 Å². The van der Waals surface area contributed by atoms with Crippen molar-refractivity contribution in [2.45, 2.75) is 41.8 Å². The molecule has 4 heterocycles. The van der Waals surface area contributed by atoms with Crippen molar-refractivity contribution in [2.75, 3.05) is 19.6 Å². The second-order valence-electron chi connectivity index (χ2n) is 8.83. The number of piperidine rings is 1. The molecular formula is C24H22ClFN4O5S. The summed E-state index contributed by atoms with van der Waals surface area (Å²) in [7, 11) is 0. The molecule has 1 spiro atoms. The number of aromatic carboxylic acids is 1. The summed E-state index contributed by atoms with van der Waals surface area (Å²) in [5.74, 6) is -1.97. The number of likely N-dealkylation sites (tertiary alicyclic amines) is 1. The maximum absolute atomic E-state index is 15.3. The number of alkyl carbamates (subject to hydrolysis) is 1. The molecule has 2 amide bonds. The predicted molar refractivity (Wildman–Crippen MR) is 130 cm³/mol. The van der Waals surface area contributed by atoms with Crippen LogP contribution in [0.15, 0.2) is 40.3 Å². The Morgan fingerprint density at radius 3 is 2.69 bits per heavy atom. The van der Waals surface area contributed by atoms with E-state index in [0.717, 1.165) is 0 Å². The molecule has 5 rings (SSSR count). The van der Waals surface area contributed by atoms with Gasteiger partial charge in [-0.2, -0.15) is 0 Å². The number of fused-ring (bicyclic) bond motifs is 1. The Hall–Kier alpha value is -3.31. The standard InChI is InChI=1S/C24H22ClFN4O5S/c1-13-21(36-17-4-2-3-16(28-17)22(32)33)14-5-6-15(25)19(26)20(14)30(13)11-18(31)29-9-7-24(8-10-29)12-27-23(34)35-24/h2-6H,7-12H2,1H3,(H,27,34)(H,32,33). The Labute approximate surface area is 214 Å². The quantitative estimate of drug-likeness (QED) is 0.509. The molecule has 2 saturated heterocycles. The zero-order valence-electron chi connectivity index (χ0n) is 19.2. The second-order valence-corrected chi connectivity index (χ2v) is 10.3. The third-order valence-corrected chi connectivity index (χ3v) is 8.10. The Morgan fingerprint density at radius 2 is 2.03 bits per heavy atom. The Balaban J connectivity index is 1.44. The molecule has 2 fully saturated rings. The predicted octanol–water partition coefficient (Wildman–Crippen LogP) is 4.09. The Bertz CT molecular complexity index is 1400. The van der Waals surface area contributed by atoms with Gasteiger partial charge in [0.1, 0.15) is 22.9 Å². The number of halogens is 2. The summed E-state index contributed by atoms with van der Waals surface area (Å²) >= 11 is 7.29. The zero-order chi connectivity index (χ0) is 25.6. The first-order valence-corrected chi connectivity index (χ1v) is 12.5. The molecule has 9 nitrogen and oxygen atoms in total. The minimum atomic E-state index is -1.15. The molecule has 2 aliphatic rings. The Kier molecular flexibility index (Phi) is 6.29. The molecule has 36 heavy (non-hydrogen) atoms. The summed E-state index contributed by atoms with van der Waals surface area (Å²) in [6.45, 7) is 2.94. The van der Waals surface area contributed by atoms with Crippen LogP contribution in [0, 0.1) is 12.7 Å². The highest BCUT2D eigenvalue weighted by Crippen LogP contribution is 2.40. The lowest BCUT2D eigenvalue weighted by Gasteiger charge is -2.37. The van der Waals surface area contributed by atoms with Crippen molar-refractivity contribution in [3.63, 3.8) is 0 Å². The van der Waals surface area contributed by atoms with Gasteiger partial charge in [0.25, 0.3) is 0 Å². The van der Waals surface area contributed by atoms with E-state index in [1.54, 1.807) is 34.6 Å².